The van der Waals surface area contributed by atoms with Crippen LogP contribution in [0.2, 0.25) is 0 Å². The van der Waals surface area contributed by atoms with Crippen LogP contribution in [0.25, 0.3) is 10.2 Å². The maximum atomic E-state index is 13.6. The van der Waals surface area contributed by atoms with Crippen molar-refractivity contribution in [2.45, 2.75) is 25.3 Å². The van der Waals surface area contributed by atoms with Crippen molar-refractivity contribution in [1.29, 1.82) is 0 Å². The minimum Gasteiger partial charge on any atom is -0.424 e. The molecule has 0 bridgehead atoms. The van der Waals surface area contributed by atoms with Crippen LogP contribution in [-0.2, 0) is 0 Å². The Labute approximate surface area is 170 Å². The Bertz CT molecular complexity index is 1200. The fraction of sp³-hybridized carbons (Fsp3) is 0.182. The summed E-state index contributed by atoms with van der Waals surface area (Å²) >= 11 is 1.58. The third kappa shape index (κ3) is 3.65. The highest BCUT2D eigenvalue weighted by Gasteiger charge is 2.39. The van der Waals surface area contributed by atoms with E-state index in [1.165, 1.54) is 12.1 Å². The van der Waals surface area contributed by atoms with E-state index in [4.69, 9.17) is 4.74 Å². The van der Waals surface area contributed by atoms with E-state index < -0.39 is 11.6 Å². The summed E-state index contributed by atoms with van der Waals surface area (Å²) in [6.45, 7) is 2.02. The van der Waals surface area contributed by atoms with Gasteiger partial charge in [-0.15, -0.1) is 11.3 Å². The van der Waals surface area contributed by atoms with Crippen molar-refractivity contribution in [2.24, 2.45) is 0 Å². The third-order valence-electron chi connectivity index (χ3n) is 4.93. The van der Waals surface area contributed by atoms with Crippen LogP contribution in [0.15, 0.2) is 54.6 Å². The largest absolute Gasteiger partial charge is 0.424 e. The SMILES string of the molecule is Cc1cc2c(N[C@@H]3C[C@H]3c3ccc(F)c(F)c3)nc(Oc3ccccc3)nc2s1. The number of benzene rings is 2. The van der Waals surface area contributed by atoms with E-state index in [0.29, 0.717) is 11.6 Å². The van der Waals surface area contributed by atoms with Gasteiger partial charge in [0, 0.05) is 16.8 Å². The average Bonchev–Trinajstić information content (AvgIpc) is 3.36. The number of nitrogens with one attached hydrogen (secondary N) is 1. The maximum Gasteiger partial charge on any atom is 0.325 e. The monoisotopic (exact) mass is 409 g/mol. The number of aromatic nitrogens is 2. The number of thiophene rings is 1. The molecule has 29 heavy (non-hydrogen) atoms. The van der Waals surface area contributed by atoms with E-state index in [2.05, 4.69) is 15.3 Å². The molecule has 146 valence electrons. The zero-order valence-corrected chi connectivity index (χ0v) is 16.3. The van der Waals surface area contributed by atoms with Gasteiger partial charge in [0.25, 0.3) is 0 Å². The molecule has 0 radical (unpaired) electrons. The fourth-order valence-corrected chi connectivity index (χ4v) is 4.28. The number of rotatable bonds is 5. The molecule has 0 spiro atoms. The number of hydrogen-bond donors (Lipinski definition) is 1. The van der Waals surface area contributed by atoms with E-state index in [0.717, 1.165) is 27.1 Å². The molecule has 2 atom stereocenters. The van der Waals surface area contributed by atoms with Gasteiger partial charge in [0.1, 0.15) is 16.4 Å². The molecular weight excluding hydrogens is 392 g/mol. The van der Waals surface area contributed by atoms with Crippen molar-refractivity contribution in [3.63, 3.8) is 0 Å². The van der Waals surface area contributed by atoms with Crippen LogP contribution in [-0.4, -0.2) is 16.0 Å². The first kappa shape index (κ1) is 18.0. The van der Waals surface area contributed by atoms with E-state index >= 15 is 0 Å². The second kappa shape index (κ2) is 7.08. The highest BCUT2D eigenvalue weighted by Crippen LogP contribution is 2.44. The molecule has 2 heterocycles. The molecule has 1 aliphatic carbocycles. The first-order valence-corrected chi connectivity index (χ1v) is 10.1. The standard InChI is InChI=1S/C22H17F2N3OS/c1-12-9-16-20(25-19-11-15(19)13-7-8-17(23)18(24)10-13)26-22(27-21(16)29-12)28-14-5-3-2-4-6-14/h2-10,15,19H,11H2,1H3,(H,25,26,27)/t15-,19+/m0/s1. The van der Waals surface area contributed by atoms with E-state index in [1.54, 1.807) is 17.4 Å². The fourth-order valence-electron chi connectivity index (χ4n) is 3.41. The molecule has 1 N–H and O–H groups in total. The Morgan fingerprint density at radius 3 is 2.66 bits per heavy atom. The summed E-state index contributed by atoms with van der Waals surface area (Å²) in [7, 11) is 0. The van der Waals surface area contributed by atoms with Crippen molar-refractivity contribution in [3.05, 3.63) is 76.7 Å². The average molecular weight is 409 g/mol. The van der Waals surface area contributed by atoms with Gasteiger partial charge in [-0.1, -0.05) is 24.3 Å². The number of hydrogen-bond acceptors (Lipinski definition) is 5. The van der Waals surface area contributed by atoms with Gasteiger partial charge in [0.15, 0.2) is 11.6 Å². The predicted molar refractivity (Wildman–Crippen MR) is 110 cm³/mol. The van der Waals surface area contributed by atoms with Crippen LogP contribution >= 0.6 is 11.3 Å². The number of anilines is 1. The lowest BCUT2D eigenvalue weighted by atomic mass is 10.1. The Hall–Kier alpha value is -3.06. The first-order valence-electron chi connectivity index (χ1n) is 9.29. The van der Waals surface area contributed by atoms with Gasteiger partial charge in [-0.3, -0.25) is 0 Å². The van der Waals surface area contributed by atoms with Crippen LogP contribution in [0.4, 0.5) is 14.6 Å². The highest BCUT2D eigenvalue weighted by atomic mass is 32.1. The molecule has 1 fully saturated rings. The second-order valence-corrected chi connectivity index (χ2v) is 8.35. The molecule has 0 amide bonds. The van der Waals surface area contributed by atoms with E-state index in [9.17, 15) is 8.78 Å². The Kier molecular flexibility index (Phi) is 4.39. The molecule has 2 aromatic heterocycles. The van der Waals surface area contributed by atoms with Crippen molar-refractivity contribution >= 4 is 27.4 Å². The molecule has 5 rings (SSSR count). The molecule has 0 unspecified atom stereocenters. The lowest BCUT2D eigenvalue weighted by molar-refractivity contribution is 0.445. The molecule has 4 aromatic rings. The van der Waals surface area contributed by atoms with Crippen molar-refractivity contribution in [3.8, 4) is 11.8 Å². The third-order valence-corrected chi connectivity index (χ3v) is 5.88. The lowest BCUT2D eigenvalue weighted by Crippen LogP contribution is -2.07. The summed E-state index contributed by atoms with van der Waals surface area (Å²) in [6.07, 6.45) is 0.828. The highest BCUT2D eigenvalue weighted by molar-refractivity contribution is 7.18. The number of nitrogens with zero attached hydrogens (tertiary/aromatic N) is 2. The zero-order chi connectivity index (χ0) is 20.0. The van der Waals surface area contributed by atoms with Gasteiger partial charge in [0.2, 0.25) is 0 Å². The number of fused-ring (bicyclic) bond motifs is 1. The molecular formula is C22H17F2N3OS. The smallest absolute Gasteiger partial charge is 0.325 e. The minimum absolute atomic E-state index is 0.0998. The van der Waals surface area contributed by atoms with Crippen LogP contribution in [0.3, 0.4) is 0 Å². The summed E-state index contributed by atoms with van der Waals surface area (Å²) in [6, 6.07) is 15.9. The van der Waals surface area contributed by atoms with Crippen LogP contribution < -0.4 is 10.1 Å². The van der Waals surface area contributed by atoms with Crippen molar-refractivity contribution < 1.29 is 13.5 Å². The van der Waals surface area contributed by atoms with Gasteiger partial charge in [0.05, 0.1) is 5.39 Å². The van der Waals surface area contributed by atoms with Crippen LogP contribution in [0, 0.1) is 18.6 Å². The Morgan fingerprint density at radius 1 is 1.03 bits per heavy atom. The summed E-state index contributed by atoms with van der Waals surface area (Å²) in [5, 5.41) is 4.37. The lowest BCUT2D eigenvalue weighted by Gasteiger charge is -2.09. The molecule has 1 aliphatic rings. The van der Waals surface area contributed by atoms with Gasteiger partial charge in [-0.05, 0) is 49.2 Å². The number of ether oxygens (including phenoxy) is 1. The van der Waals surface area contributed by atoms with Gasteiger partial charge in [-0.25, -0.2) is 8.78 Å². The number of para-hydroxylation sites is 1. The van der Waals surface area contributed by atoms with Gasteiger partial charge < -0.3 is 10.1 Å². The maximum absolute atomic E-state index is 13.6. The topological polar surface area (TPSA) is 47.0 Å². The summed E-state index contributed by atoms with van der Waals surface area (Å²) < 4.78 is 32.6. The van der Waals surface area contributed by atoms with Gasteiger partial charge >= 0.3 is 6.01 Å². The predicted octanol–water partition coefficient (Wildman–Crippen LogP) is 6.04. The van der Waals surface area contributed by atoms with E-state index in [1.807, 2.05) is 43.3 Å². The number of aryl methyl sites for hydroxylation is 1. The van der Waals surface area contributed by atoms with Crippen LogP contribution in [0.5, 0.6) is 11.8 Å². The first-order chi connectivity index (χ1) is 14.1. The molecule has 0 aliphatic heterocycles. The zero-order valence-electron chi connectivity index (χ0n) is 15.5. The quantitative estimate of drug-likeness (QED) is 0.437. The van der Waals surface area contributed by atoms with E-state index in [-0.39, 0.29) is 18.0 Å². The molecule has 7 heteroatoms. The minimum atomic E-state index is -0.826. The van der Waals surface area contributed by atoms with Crippen molar-refractivity contribution in [1.82, 2.24) is 9.97 Å². The Morgan fingerprint density at radius 2 is 1.86 bits per heavy atom. The Balaban J connectivity index is 1.42. The summed E-state index contributed by atoms with van der Waals surface area (Å²) in [5.74, 6) is -0.164. The van der Waals surface area contributed by atoms with Gasteiger partial charge in [-0.2, -0.15) is 9.97 Å². The van der Waals surface area contributed by atoms with Crippen molar-refractivity contribution in [2.75, 3.05) is 5.32 Å². The second-order valence-electron chi connectivity index (χ2n) is 7.11. The number of halogens is 2. The molecule has 4 nitrogen and oxygen atoms in total. The summed E-state index contributed by atoms with van der Waals surface area (Å²) in [5.41, 5.74) is 0.786. The van der Waals surface area contributed by atoms with Crippen LogP contribution in [0.1, 0.15) is 22.8 Å². The normalized spacial score (nSPS) is 18.0. The summed E-state index contributed by atoms with van der Waals surface area (Å²) in [4.78, 5) is 11.1. The molecule has 1 saturated carbocycles. The molecule has 0 saturated heterocycles. The molecule has 2 aromatic carbocycles.